The second-order valence-corrected chi connectivity index (χ2v) is 2.56. The average molecular weight is 140 g/mol. The van der Waals surface area contributed by atoms with Gasteiger partial charge in [-0.2, -0.15) is 0 Å². The summed E-state index contributed by atoms with van der Waals surface area (Å²) in [6.45, 7) is 0. The molecule has 0 saturated carbocycles. The summed E-state index contributed by atoms with van der Waals surface area (Å²) in [5.41, 5.74) is 0. The molecule has 0 bridgehead atoms. The van der Waals surface area contributed by atoms with E-state index in [1.807, 2.05) is 12.2 Å². The summed E-state index contributed by atoms with van der Waals surface area (Å²) >= 11 is 0. The number of aliphatic hydroxyl groups is 2. The Morgan fingerprint density at radius 2 is 2.00 bits per heavy atom. The lowest BCUT2D eigenvalue weighted by Gasteiger charge is -2.17. The molecule has 2 nitrogen and oxygen atoms in total. The van der Waals surface area contributed by atoms with E-state index in [1.54, 1.807) is 6.08 Å². The van der Waals surface area contributed by atoms with Crippen molar-refractivity contribution in [3.63, 3.8) is 0 Å². The van der Waals surface area contributed by atoms with Gasteiger partial charge in [0.1, 0.15) is 0 Å². The SMILES string of the molecule is OC1(O)C=CC=CCCC1. The summed E-state index contributed by atoms with van der Waals surface area (Å²) in [6.07, 6.45) is 9.10. The fourth-order valence-electron chi connectivity index (χ4n) is 0.948. The van der Waals surface area contributed by atoms with Crippen LogP contribution in [-0.4, -0.2) is 16.0 Å². The predicted molar refractivity (Wildman–Crippen MR) is 39.3 cm³/mol. The minimum absolute atomic E-state index is 0.424. The quantitative estimate of drug-likeness (QED) is 0.492. The Morgan fingerprint density at radius 1 is 1.20 bits per heavy atom. The third kappa shape index (κ3) is 2.33. The van der Waals surface area contributed by atoms with Crippen LogP contribution in [0.15, 0.2) is 24.3 Å². The third-order valence-electron chi connectivity index (χ3n) is 1.53. The number of hydrogen-bond acceptors (Lipinski definition) is 2. The molecule has 0 amide bonds. The van der Waals surface area contributed by atoms with Crippen LogP contribution in [0.4, 0.5) is 0 Å². The maximum atomic E-state index is 9.11. The van der Waals surface area contributed by atoms with Gasteiger partial charge < -0.3 is 10.2 Å². The molecule has 0 heterocycles. The first kappa shape index (κ1) is 7.51. The fraction of sp³-hybridized carbons (Fsp3) is 0.500. The van der Waals surface area contributed by atoms with Gasteiger partial charge in [0.2, 0.25) is 0 Å². The minimum atomic E-state index is -1.58. The van der Waals surface area contributed by atoms with Crippen molar-refractivity contribution in [1.82, 2.24) is 0 Å². The Kier molecular flexibility index (Phi) is 2.25. The van der Waals surface area contributed by atoms with Crippen molar-refractivity contribution >= 4 is 0 Å². The molecule has 0 atom stereocenters. The molecule has 0 fully saturated rings. The molecule has 0 aromatic rings. The van der Waals surface area contributed by atoms with Crippen LogP contribution in [0.3, 0.4) is 0 Å². The molecule has 10 heavy (non-hydrogen) atoms. The zero-order valence-electron chi connectivity index (χ0n) is 5.83. The molecular weight excluding hydrogens is 128 g/mol. The Labute approximate surface area is 60.5 Å². The maximum absolute atomic E-state index is 9.11. The summed E-state index contributed by atoms with van der Waals surface area (Å²) in [5, 5.41) is 18.2. The van der Waals surface area contributed by atoms with E-state index in [9.17, 15) is 0 Å². The van der Waals surface area contributed by atoms with Gasteiger partial charge >= 0.3 is 0 Å². The molecule has 2 N–H and O–H groups in total. The van der Waals surface area contributed by atoms with E-state index in [2.05, 4.69) is 0 Å². The average Bonchev–Trinajstić information content (AvgIpc) is 1.81. The van der Waals surface area contributed by atoms with E-state index in [0.29, 0.717) is 6.42 Å². The largest absolute Gasteiger partial charge is 0.362 e. The zero-order chi connectivity index (χ0) is 7.45. The summed E-state index contributed by atoms with van der Waals surface area (Å²) < 4.78 is 0. The second-order valence-electron chi connectivity index (χ2n) is 2.56. The smallest absolute Gasteiger partial charge is 0.182 e. The van der Waals surface area contributed by atoms with Crippen LogP contribution in [-0.2, 0) is 0 Å². The highest BCUT2D eigenvalue weighted by molar-refractivity contribution is 5.08. The Morgan fingerprint density at radius 3 is 2.80 bits per heavy atom. The first-order valence-corrected chi connectivity index (χ1v) is 3.50. The van der Waals surface area contributed by atoms with Gasteiger partial charge in [0, 0.05) is 6.42 Å². The fourth-order valence-corrected chi connectivity index (χ4v) is 0.948. The van der Waals surface area contributed by atoms with Crippen LogP contribution in [0, 0.1) is 0 Å². The van der Waals surface area contributed by atoms with Crippen molar-refractivity contribution in [2.24, 2.45) is 0 Å². The molecule has 0 radical (unpaired) electrons. The van der Waals surface area contributed by atoms with E-state index >= 15 is 0 Å². The molecule has 0 aromatic carbocycles. The van der Waals surface area contributed by atoms with Crippen LogP contribution in [0.2, 0.25) is 0 Å². The molecule has 0 aliphatic heterocycles. The van der Waals surface area contributed by atoms with Crippen LogP contribution in [0.1, 0.15) is 19.3 Å². The van der Waals surface area contributed by atoms with Crippen LogP contribution < -0.4 is 0 Å². The molecule has 1 aliphatic carbocycles. The van der Waals surface area contributed by atoms with Gasteiger partial charge in [0.25, 0.3) is 0 Å². The first-order valence-electron chi connectivity index (χ1n) is 3.50. The monoisotopic (exact) mass is 140 g/mol. The summed E-state index contributed by atoms with van der Waals surface area (Å²) in [4.78, 5) is 0. The van der Waals surface area contributed by atoms with E-state index < -0.39 is 5.79 Å². The lowest BCUT2D eigenvalue weighted by Crippen LogP contribution is -2.24. The topological polar surface area (TPSA) is 40.5 Å². The van der Waals surface area contributed by atoms with Gasteiger partial charge in [0.15, 0.2) is 5.79 Å². The second kappa shape index (κ2) is 2.99. The number of hydrogen-bond donors (Lipinski definition) is 2. The van der Waals surface area contributed by atoms with Crippen LogP contribution >= 0.6 is 0 Å². The number of allylic oxidation sites excluding steroid dienone is 3. The molecule has 0 unspecified atom stereocenters. The minimum Gasteiger partial charge on any atom is -0.362 e. The van der Waals surface area contributed by atoms with Gasteiger partial charge in [0.05, 0.1) is 0 Å². The lowest BCUT2D eigenvalue weighted by atomic mass is 10.1. The van der Waals surface area contributed by atoms with Crippen LogP contribution in [0.25, 0.3) is 0 Å². The van der Waals surface area contributed by atoms with Crippen molar-refractivity contribution < 1.29 is 10.2 Å². The molecule has 56 valence electrons. The summed E-state index contributed by atoms with van der Waals surface area (Å²) in [6, 6.07) is 0. The highest BCUT2D eigenvalue weighted by Crippen LogP contribution is 2.14. The van der Waals surface area contributed by atoms with Crippen LogP contribution in [0.5, 0.6) is 0 Å². The Balaban J connectivity index is 2.61. The van der Waals surface area contributed by atoms with Crippen molar-refractivity contribution in [3.8, 4) is 0 Å². The molecule has 1 rings (SSSR count). The lowest BCUT2D eigenvalue weighted by molar-refractivity contribution is -0.123. The molecule has 2 heteroatoms. The molecule has 0 aromatic heterocycles. The standard InChI is InChI=1S/C8H12O2/c9-8(10)6-4-2-1-3-5-7-8/h1-2,4,6,9-10H,3,5,7H2. The Hall–Kier alpha value is -0.600. The Bertz CT molecular complexity index is 157. The number of rotatable bonds is 0. The van der Waals surface area contributed by atoms with Gasteiger partial charge in [-0.3, -0.25) is 0 Å². The van der Waals surface area contributed by atoms with Crippen molar-refractivity contribution in [3.05, 3.63) is 24.3 Å². The highest BCUT2D eigenvalue weighted by atomic mass is 16.5. The van der Waals surface area contributed by atoms with E-state index in [-0.39, 0.29) is 0 Å². The van der Waals surface area contributed by atoms with Gasteiger partial charge in [-0.05, 0) is 18.9 Å². The molecule has 0 spiro atoms. The van der Waals surface area contributed by atoms with Crippen molar-refractivity contribution in [1.29, 1.82) is 0 Å². The maximum Gasteiger partial charge on any atom is 0.182 e. The van der Waals surface area contributed by atoms with Gasteiger partial charge in [-0.1, -0.05) is 18.2 Å². The zero-order valence-corrected chi connectivity index (χ0v) is 5.83. The predicted octanol–water partition coefficient (Wildman–Crippen LogP) is 0.964. The van der Waals surface area contributed by atoms with Crippen molar-refractivity contribution in [2.45, 2.75) is 25.0 Å². The molecule has 0 saturated heterocycles. The highest BCUT2D eigenvalue weighted by Gasteiger charge is 2.17. The molecule has 1 aliphatic rings. The summed E-state index contributed by atoms with van der Waals surface area (Å²) in [7, 11) is 0. The first-order chi connectivity index (χ1) is 4.71. The van der Waals surface area contributed by atoms with Gasteiger partial charge in [-0.25, -0.2) is 0 Å². The normalized spacial score (nSPS) is 23.8. The third-order valence-corrected chi connectivity index (χ3v) is 1.53. The van der Waals surface area contributed by atoms with Gasteiger partial charge in [-0.15, -0.1) is 0 Å². The van der Waals surface area contributed by atoms with E-state index in [4.69, 9.17) is 10.2 Å². The van der Waals surface area contributed by atoms with E-state index in [0.717, 1.165) is 12.8 Å². The van der Waals surface area contributed by atoms with Crippen molar-refractivity contribution in [2.75, 3.05) is 0 Å². The van der Waals surface area contributed by atoms with E-state index in [1.165, 1.54) is 6.08 Å². The summed E-state index contributed by atoms with van der Waals surface area (Å²) in [5.74, 6) is -1.58. The molecular formula is C8H12O2.